The summed E-state index contributed by atoms with van der Waals surface area (Å²) in [5.41, 5.74) is 2.42. The van der Waals surface area contributed by atoms with Crippen LogP contribution in [0.15, 0.2) is 60.0 Å². The normalized spacial score (nSPS) is 14.1. The molecule has 1 fully saturated rings. The fourth-order valence-corrected chi connectivity index (χ4v) is 4.86. The summed E-state index contributed by atoms with van der Waals surface area (Å²) in [5.74, 6) is 0.682. The van der Waals surface area contributed by atoms with Crippen LogP contribution in [-0.2, 0) is 13.1 Å². The molecule has 1 aliphatic heterocycles. The summed E-state index contributed by atoms with van der Waals surface area (Å²) in [5, 5.41) is 5.46. The first kappa shape index (κ1) is 25.7. The Hall–Kier alpha value is -3.43. The van der Waals surface area contributed by atoms with Crippen LogP contribution >= 0.6 is 11.3 Å². The third-order valence-corrected chi connectivity index (χ3v) is 7.04. The SMILES string of the molecule is COc1ccc(NC(=O)N(Cc2nc(C(=O)N3CCN(Cc4ccccc4)CC3)cs2)C(C)C)cc1. The Bertz CT molecular complexity index is 1140. The van der Waals surface area contributed by atoms with Gasteiger partial charge in [0.05, 0.1) is 13.7 Å². The molecule has 190 valence electrons. The molecule has 8 nitrogen and oxygen atoms in total. The summed E-state index contributed by atoms with van der Waals surface area (Å²) in [7, 11) is 1.60. The van der Waals surface area contributed by atoms with E-state index in [-0.39, 0.29) is 18.0 Å². The third kappa shape index (κ3) is 6.61. The lowest BCUT2D eigenvalue weighted by molar-refractivity contribution is 0.0623. The van der Waals surface area contributed by atoms with E-state index in [1.165, 1.54) is 16.9 Å². The number of hydrogen-bond donors (Lipinski definition) is 1. The molecular formula is C27H33N5O3S. The van der Waals surface area contributed by atoms with Gasteiger partial charge in [-0.15, -0.1) is 11.3 Å². The van der Waals surface area contributed by atoms with Crippen molar-refractivity contribution in [1.29, 1.82) is 0 Å². The fraction of sp³-hybridized carbons (Fsp3) is 0.370. The highest BCUT2D eigenvalue weighted by Crippen LogP contribution is 2.19. The molecule has 0 radical (unpaired) electrons. The number of carbonyl (C=O) groups is 2. The first-order valence-corrected chi connectivity index (χ1v) is 13.0. The Morgan fingerprint density at radius 1 is 1.06 bits per heavy atom. The molecule has 1 aliphatic rings. The van der Waals surface area contributed by atoms with Gasteiger partial charge in [-0.25, -0.2) is 9.78 Å². The number of piperazine rings is 1. The average Bonchev–Trinajstić information content (AvgIpc) is 3.37. The molecule has 36 heavy (non-hydrogen) atoms. The summed E-state index contributed by atoms with van der Waals surface area (Å²) < 4.78 is 5.17. The Morgan fingerprint density at radius 3 is 2.39 bits per heavy atom. The van der Waals surface area contributed by atoms with Crippen LogP contribution in [-0.4, -0.2) is 71.0 Å². The smallest absolute Gasteiger partial charge is 0.322 e. The molecule has 1 aromatic heterocycles. The van der Waals surface area contributed by atoms with Crippen molar-refractivity contribution in [2.45, 2.75) is 33.0 Å². The number of nitrogens with one attached hydrogen (secondary N) is 1. The van der Waals surface area contributed by atoms with Crippen LogP contribution in [0.25, 0.3) is 0 Å². The van der Waals surface area contributed by atoms with Gasteiger partial charge < -0.3 is 19.9 Å². The number of ether oxygens (including phenoxy) is 1. The summed E-state index contributed by atoms with van der Waals surface area (Å²) in [6.45, 7) is 8.19. The fourth-order valence-electron chi connectivity index (χ4n) is 4.10. The van der Waals surface area contributed by atoms with E-state index < -0.39 is 0 Å². The Labute approximate surface area is 216 Å². The Balaban J connectivity index is 1.32. The van der Waals surface area contributed by atoms with Crippen LogP contribution in [0.5, 0.6) is 5.75 Å². The number of nitrogens with zero attached hydrogens (tertiary/aromatic N) is 4. The van der Waals surface area contributed by atoms with E-state index in [1.807, 2.05) is 24.8 Å². The topological polar surface area (TPSA) is 78.0 Å². The Kier molecular flexibility index (Phi) is 8.56. The molecule has 0 aliphatic carbocycles. The zero-order chi connectivity index (χ0) is 25.5. The molecule has 3 aromatic rings. The average molecular weight is 508 g/mol. The van der Waals surface area contributed by atoms with Crippen molar-refractivity contribution in [3.05, 3.63) is 76.2 Å². The van der Waals surface area contributed by atoms with Crippen molar-refractivity contribution >= 4 is 29.0 Å². The molecule has 3 amide bonds. The highest BCUT2D eigenvalue weighted by molar-refractivity contribution is 7.09. The van der Waals surface area contributed by atoms with Gasteiger partial charge in [0, 0.05) is 49.8 Å². The van der Waals surface area contributed by atoms with E-state index in [2.05, 4.69) is 39.5 Å². The van der Waals surface area contributed by atoms with Gasteiger partial charge in [-0.2, -0.15) is 0 Å². The maximum absolute atomic E-state index is 13.1. The predicted molar refractivity (Wildman–Crippen MR) is 142 cm³/mol. The van der Waals surface area contributed by atoms with E-state index in [4.69, 9.17) is 4.74 Å². The number of aromatic nitrogens is 1. The number of benzene rings is 2. The van der Waals surface area contributed by atoms with E-state index in [1.54, 1.807) is 41.7 Å². The molecule has 0 spiro atoms. The van der Waals surface area contributed by atoms with Crippen molar-refractivity contribution in [1.82, 2.24) is 19.7 Å². The number of thiazole rings is 1. The van der Waals surface area contributed by atoms with Crippen LogP contribution in [0.1, 0.15) is 34.9 Å². The monoisotopic (exact) mass is 507 g/mol. The van der Waals surface area contributed by atoms with E-state index in [0.29, 0.717) is 31.0 Å². The lowest BCUT2D eigenvalue weighted by Crippen LogP contribution is -2.48. The minimum absolute atomic E-state index is 0.0380. The van der Waals surface area contributed by atoms with Gasteiger partial charge in [0.25, 0.3) is 5.91 Å². The Morgan fingerprint density at radius 2 is 1.75 bits per heavy atom. The first-order chi connectivity index (χ1) is 17.4. The van der Waals surface area contributed by atoms with Gasteiger partial charge in [-0.3, -0.25) is 9.69 Å². The van der Waals surface area contributed by atoms with E-state index >= 15 is 0 Å². The van der Waals surface area contributed by atoms with Crippen LogP contribution < -0.4 is 10.1 Å². The molecule has 0 atom stereocenters. The maximum atomic E-state index is 13.1. The van der Waals surface area contributed by atoms with Crippen molar-refractivity contribution < 1.29 is 14.3 Å². The van der Waals surface area contributed by atoms with Gasteiger partial charge in [0.2, 0.25) is 0 Å². The number of anilines is 1. The van der Waals surface area contributed by atoms with Crippen molar-refractivity contribution in [2.24, 2.45) is 0 Å². The standard InChI is InChI=1S/C27H33N5O3S/c1-20(2)32(27(34)28-22-9-11-23(35-3)12-10-22)18-25-29-24(19-36-25)26(33)31-15-13-30(14-16-31)17-21-7-5-4-6-8-21/h4-12,19-20H,13-18H2,1-3H3,(H,28,34). The quantitative estimate of drug-likeness (QED) is 0.484. The third-order valence-electron chi connectivity index (χ3n) is 6.21. The van der Waals surface area contributed by atoms with Crippen LogP contribution in [0, 0.1) is 0 Å². The number of rotatable bonds is 8. The van der Waals surface area contributed by atoms with Gasteiger partial charge in [0.1, 0.15) is 16.5 Å². The number of amides is 3. The zero-order valence-electron chi connectivity index (χ0n) is 21.0. The van der Waals surface area contributed by atoms with Gasteiger partial charge in [-0.05, 0) is 43.7 Å². The van der Waals surface area contributed by atoms with Crippen LogP contribution in [0.3, 0.4) is 0 Å². The van der Waals surface area contributed by atoms with Gasteiger partial charge in [0.15, 0.2) is 0 Å². The number of methoxy groups -OCH3 is 1. The van der Waals surface area contributed by atoms with Crippen molar-refractivity contribution in [3.8, 4) is 5.75 Å². The highest BCUT2D eigenvalue weighted by Gasteiger charge is 2.25. The predicted octanol–water partition coefficient (Wildman–Crippen LogP) is 4.55. The maximum Gasteiger partial charge on any atom is 0.322 e. The minimum Gasteiger partial charge on any atom is -0.497 e. The number of hydrogen-bond acceptors (Lipinski definition) is 6. The molecule has 4 rings (SSSR count). The lowest BCUT2D eigenvalue weighted by atomic mass is 10.2. The van der Waals surface area contributed by atoms with Crippen LogP contribution in [0.2, 0.25) is 0 Å². The van der Waals surface area contributed by atoms with E-state index in [9.17, 15) is 9.59 Å². The highest BCUT2D eigenvalue weighted by atomic mass is 32.1. The van der Waals surface area contributed by atoms with Crippen molar-refractivity contribution in [3.63, 3.8) is 0 Å². The number of urea groups is 1. The summed E-state index contributed by atoms with van der Waals surface area (Å²) in [4.78, 5) is 36.5. The second-order valence-corrected chi connectivity index (χ2v) is 10.0. The molecule has 0 bridgehead atoms. The second kappa shape index (κ2) is 12.0. The van der Waals surface area contributed by atoms with Crippen LogP contribution in [0.4, 0.5) is 10.5 Å². The molecule has 9 heteroatoms. The molecule has 1 saturated heterocycles. The van der Waals surface area contributed by atoms with Crippen molar-refractivity contribution in [2.75, 3.05) is 38.6 Å². The molecule has 2 heterocycles. The lowest BCUT2D eigenvalue weighted by Gasteiger charge is -2.34. The number of carbonyl (C=O) groups excluding carboxylic acids is 2. The molecule has 0 saturated carbocycles. The van der Waals surface area contributed by atoms with Gasteiger partial charge >= 0.3 is 6.03 Å². The summed E-state index contributed by atoms with van der Waals surface area (Å²) in [6, 6.07) is 17.3. The summed E-state index contributed by atoms with van der Waals surface area (Å²) in [6.07, 6.45) is 0. The molecule has 0 unspecified atom stereocenters. The largest absolute Gasteiger partial charge is 0.497 e. The molecular weight excluding hydrogens is 474 g/mol. The molecule has 2 aromatic carbocycles. The first-order valence-electron chi connectivity index (χ1n) is 12.1. The second-order valence-electron chi connectivity index (χ2n) is 9.06. The minimum atomic E-state index is -0.215. The van der Waals surface area contributed by atoms with E-state index in [0.717, 1.165) is 30.4 Å². The molecule has 1 N–H and O–H groups in total. The summed E-state index contributed by atoms with van der Waals surface area (Å²) >= 11 is 1.41. The van der Waals surface area contributed by atoms with Gasteiger partial charge in [-0.1, -0.05) is 30.3 Å². The zero-order valence-corrected chi connectivity index (χ0v) is 21.8.